The lowest BCUT2D eigenvalue weighted by Crippen LogP contribution is -2.98. The van der Waals surface area contributed by atoms with Crippen LogP contribution in [0.1, 0.15) is 112 Å². The second-order valence-corrected chi connectivity index (χ2v) is 21.6. The number of carbonyl (C=O) groups excluding carboxylic acids is 1. The topological polar surface area (TPSA) is 155 Å². The Balaban J connectivity index is 0.876. The van der Waals surface area contributed by atoms with E-state index in [-0.39, 0.29) is 33.4 Å². The van der Waals surface area contributed by atoms with E-state index < -0.39 is 17.3 Å². The molecule has 5 N–H and O–H groups in total. The lowest BCUT2D eigenvalue weighted by Gasteiger charge is -2.57. The molecule has 0 radical (unpaired) electrons. The van der Waals surface area contributed by atoms with E-state index in [4.69, 9.17) is 9.47 Å². The van der Waals surface area contributed by atoms with Gasteiger partial charge in [0.05, 0.1) is 30.7 Å². The van der Waals surface area contributed by atoms with Gasteiger partial charge in [-0.3, -0.25) is 19.4 Å². The zero-order chi connectivity index (χ0) is 48.0. The first-order chi connectivity index (χ1) is 33.3. The maximum Gasteiger partial charge on any atom is 0.265 e. The van der Waals surface area contributed by atoms with E-state index in [2.05, 4.69) is 72.9 Å². The summed E-state index contributed by atoms with van der Waals surface area (Å²) in [6, 6.07) is 20.6. The lowest BCUT2D eigenvalue weighted by atomic mass is 9.70. The highest BCUT2D eigenvalue weighted by Crippen LogP contribution is 2.49. The molecule has 0 bridgehead atoms. The molecule has 1 unspecified atom stereocenters. The van der Waals surface area contributed by atoms with Crippen LogP contribution in [0.2, 0.25) is 0 Å². The largest absolute Gasteiger partial charge is 0.629 e. The van der Waals surface area contributed by atoms with E-state index in [0.717, 1.165) is 98.8 Å². The predicted molar refractivity (Wildman–Crippen MR) is 272 cm³/mol. The first kappa shape index (κ1) is 47.2. The molecule has 364 valence electrons. The smallest absolute Gasteiger partial charge is 0.265 e. The number of hydrogen-bond acceptors (Lipinski definition) is 11. The number of nitrogens with zero attached hydrogens (tertiary/aromatic N) is 4. The minimum atomic E-state index is -0.630. The van der Waals surface area contributed by atoms with Crippen molar-refractivity contribution in [2.24, 2.45) is 11.3 Å². The van der Waals surface area contributed by atoms with Gasteiger partial charge in [0.1, 0.15) is 22.9 Å². The van der Waals surface area contributed by atoms with E-state index in [1.54, 1.807) is 31.1 Å². The fourth-order valence-electron chi connectivity index (χ4n) is 11.7. The van der Waals surface area contributed by atoms with E-state index in [0.29, 0.717) is 52.0 Å². The molecule has 13 nitrogen and oxygen atoms in total. The number of carbonyl (C=O) groups is 1. The molecule has 2 saturated heterocycles. The van der Waals surface area contributed by atoms with Crippen molar-refractivity contribution in [2.45, 2.75) is 107 Å². The van der Waals surface area contributed by atoms with Crippen LogP contribution in [0.4, 0.5) is 21.5 Å². The lowest BCUT2D eigenvalue weighted by molar-refractivity contribution is -0.750. The monoisotopic (exact) mass is 956 g/mol. The van der Waals surface area contributed by atoms with Gasteiger partial charge in [-0.15, -0.1) is 0 Å². The maximum absolute atomic E-state index is 14.9. The fourth-order valence-corrected chi connectivity index (χ4v) is 12.5. The first-order valence-electron chi connectivity index (χ1n) is 24.7. The van der Waals surface area contributed by atoms with Crippen LogP contribution < -0.4 is 29.5 Å². The number of quaternary nitrogens is 1. The standard InChI is InChI=1S/C54H65FN8O5S/c1-33(2)36-9-6-7-10-37(36)38-11-8-12-44(38)63-31-54(32-63)20-23-62(24-21-54)35-13-14-40(46(25-35)68-47-26-41-43(55)30-58-50(41)59-52(47)67-5)51(64)60-69-48-27-45(61(4)66)49(39-17-22-56-29-42(39)48)57-28-34-15-18-53(3,65)19-16-34/h6-7,9-10,13-14,17,22,25-27,29-30,33-34,38,44,57,61,65H,8,11-12,15-16,18-21,23-24,28,31-32H2,1-5H3,(H,58,59)(H,60,64)/t34-,38-,44-,53-/m0/s1. The van der Waals surface area contributed by atoms with Gasteiger partial charge in [-0.1, -0.05) is 44.5 Å². The summed E-state index contributed by atoms with van der Waals surface area (Å²) in [6.07, 6.45) is 13.9. The summed E-state index contributed by atoms with van der Waals surface area (Å²) in [7, 11) is 3.02. The zero-order valence-corrected chi connectivity index (χ0v) is 41.2. The van der Waals surface area contributed by atoms with Crippen molar-refractivity contribution in [3.05, 3.63) is 107 Å². The van der Waals surface area contributed by atoms with Gasteiger partial charge in [0.25, 0.3) is 11.8 Å². The number of fused-ring (bicyclic) bond motifs is 2. The van der Waals surface area contributed by atoms with E-state index in [9.17, 15) is 19.5 Å². The Hall–Kier alpha value is -5.45. The predicted octanol–water partition coefficient (Wildman–Crippen LogP) is 9.85. The summed E-state index contributed by atoms with van der Waals surface area (Å²) in [5.74, 6) is 1.14. The second-order valence-electron chi connectivity index (χ2n) is 20.7. The third-order valence-corrected chi connectivity index (χ3v) is 16.5. The van der Waals surface area contributed by atoms with Gasteiger partial charge in [0.2, 0.25) is 0 Å². The van der Waals surface area contributed by atoms with Crippen molar-refractivity contribution in [3.63, 3.8) is 0 Å². The number of ether oxygens (including phenoxy) is 2. The van der Waals surface area contributed by atoms with Gasteiger partial charge in [-0.25, -0.2) is 4.39 Å². The number of hydrogen-bond donors (Lipinski definition) is 5. The van der Waals surface area contributed by atoms with Gasteiger partial charge >= 0.3 is 0 Å². The van der Waals surface area contributed by atoms with Crippen molar-refractivity contribution >= 4 is 56.7 Å². The van der Waals surface area contributed by atoms with Crippen molar-refractivity contribution in [1.29, 1.82) is 0 Å². The highest BCUT2D eigenvalue weighted by molar-refractivity contribution is 7.98. The number of methoxy groups -OCH3 is 1. The molecule has 1 spiro atoms. The highest BCUT2D eigenvalue weighted by Gasteiger charge is 2.49. The molecule has 3 aromatic heterocycles. The molecule has 2 saturated carbocycles. The van der Waals surface area contributed by atoms with Crippen LogP contribution in [0, 0.1) is 22.4 Å². The Morgan fingerprint density at radius 1 is 1.01 bits per heavy atom. The summed E-state index contributed by atoms with van der Waals surface area (Å²) < 4.78 is 30.1. The molecule has 15 heteroatoms. The molecule has 4 aliphatic rings. The zero-order valence-electron chi connectivity index (χ0n) is 40.4. The number of pyridine rings is 2. The summed E-state index contributed by atoms with van der Waals surface area (Å²) in [5, 5.41) is 29.1. The number of likely N-dealkylation sites (tertiary alicyclic amines) is 1. The van der Waals surface area contributed by atoms with Crippen LogP contribution in [0.5, 0.6) is 17.4 Å². The first-order valence-corrected chi connectivity index (χ1v) is 25.6. The molecule has 2 aliphatic carbocycles. The number of benzene rings is 3. The Labute approximate surface area is 408 Å². The fraction of sp³-hybridized carbons (Fsp3) is 0.463. The highest BCUT2D eigenvalue weighted by atomic mass is 32.2. The molecule has 10 rings (SSSR count). The summed E-state index contributed by atoms with van der Waals surface area (Å²) >= 11 is 1.11. The van der Waals surface area contributed by atoms with Crippen molar-refractivity contribution < 1.29 is 28.8 Å². The quantitative estimate of drug-likeness (QED) is 0.0524. The number of halogens is 1. The number of H-pyrrole nitrogens is 1. The number of piperidine rings is 1. The Morgan fingerprint density at radius 2 is 1.80 bits per heavy atom. The molecular weight excluding hydrogens is 892 g/mol. The average molecular weight is 957 g/mol. The second kappa shape index (κ2) is 19.4. The van der Waals surface area contributed by atoms with Crippen molar-refractivity contribution in [1.82, 2.24) is 24.6 Å². The van der Waals surface area contributed by atoms with Gasteiger partial charge in [0, 0.05) is 96.9 Å². The summed E-state index contributed by atoms with van der Waals surface area (Å²) in [5.41, 5.74) is 5.45. The van der Waals surface area contributed by atoms with Crippen molar-refractivity contribution in [3.8, 4) is 17.4 Å². The molecule has 2 aliphatic heterocycles. The summed E-state index contributed by atoms with van der Waals surface area (Å²) in [6.45, 7) is 11.2. The van der Waals surface area contributed by atoms with Crippen LogP contribution in [0.15, 0.2) is 84.1 Å². The molecule has 1 amide bonds. The minimum Gasteiger partial charge on any atom is -0.629 e. The number of hydroxylamine groups is 1. The summed E-state index contributed by atoms with van der Waals surface area (Å²) in [4.78, 5) is 31.9. The van der Waals surface area contributed by atoms with Gasteiger partial charge in [-0.2, -0.15) is 4.98 Å². The number of rotatable bonds is 14. The van der Waals surface area contributed by atoms with E-state index in [1.807, 2.05) is 31.2 Å². The maximum atomic E-state index is 14.9. The third-order valence-electron chi connectivity index (χ3n) is 15.7. The van der Waals surface area contributed by atoms with Crippen LogP contribution >= 0.6 is 11.9 Å². The third kappa shape index (κ3) is 9.60. The minimum absolute atomic E-state index is 0.107. The number of anilines is 2. The van der Waals surface area contributed by atoms with E-state index >= 15 is 0 Å². The van der Waals surface area contributed by atoms with Gasteiger partial charge in [0.15, 0.2) is 11.4 Å². The molecule has 3 aromatic carbocycles. The SMILES string of the molecule is COc1nc2[nH]cc(F)c2cc1Oc1cc(N2CCC3(CC2)CN([C@H]2CCC[C@H]2c2ccccc2C(C)C)C3)ccc1C(=O)NSc1cc([NH+](C)[O-])c(NC[C@H]2CC[C@](C)(O)CC2)c2ccncc12. The van der Waals surface area contributed by atoms with Crippen LogP contribution in [-0.2, 0) is 0 Å². The number of nitrogens with one attached hydrogen (secondary N) is 4. The van der Waals surface area contributed by atoms with Crippen LogP contribution in [0.3, 0.4) is 0 Å². The van der Waals surface area contributed by atoms with Crippen molar-refractivity contribution in [2.75, 3.05) is 57.1 Å². The molecule has 5 heterocycles. The number of aromatic amines is 1. The Bertz CT molecular complexity index is 2830. The van der Waals surface area contributed by atoms with Gasteiger partial charge in [-0.05, 0) is 123 Å². The normalized spacial score (nSPS) is 23.1. The molecule has 4 fully saturated rings. The van der Waals surface area contributed by atoms with E-state index in [1.165, 1.54) is 44.2 Å². The number of aliphatic hydroxyl groups is 1. The number of amides is 1. The molecule has 3 atom stereocenters. The van der Waals surface area contributed by atoms with Crippen LogP contribution in [0.25, 0.3) is 21.8 Å². The number of aromatic nitrogens is 3. The van der Waals surface area contributed by atoms with Gasteiger partial charge < -0.3 is 40.1 Å². The van der Waals surface area contributed by atoms with Crippen LogP contribution in [-0.4, -0.2) is 89.4 Å². The Morgan fingerprint density at radius 3 is 2.55 bits per heavy atom. The molecular formula is C54H65FN8O5S. The molecule has 6 aromatic rings. The average Bonchev–Trinajstić information content (AvgIpc) is 3.98. The Kier molecular flexibility index (Phi) is 13.3. The molecule has 69 heavy (non-hydrogen) atoms.